The molecule has 0 saturated carbocycles. The van der Waals surface area contributed by atoms with Gasteiger partial charge in [0.1, 0.15) is 0 Å². The molecule has 0 aromatic carbocycles. The molecule has 0 nitrogen and oxygen atoms in total. The standard InChI is InChI=1S/2Mg.Mn.Zn.4H/q2*+2;;;4*-1. The van der Waals surface area contributed by atoms with Crippen molar-refractivity contribution in [2.45, 2.75) is 0 Å². The van der Waals surface area contributed by atoms with Crippen LogP contribution in [0, 0.1) is 0 Å². The summed E-state index contributed by atoms with van der Waals surface area (Å²) in [6.07, 6.45) is 0. The van der Waals surface area contributed by atoms with Gasteiger partial charge in [-0.25, -0.2) is 0 Å². The van der Waals surface area contributed by atoms with Gasteiger partial charge < -0.3 is 5.71 Å². The van der Waals surface area contributed by atoms with E-state index in [9.17, 15) is 0 Å². The van der Waals surface area contributed by atoms with Crippen molar-refractivity contribution in [1.82, 2.24) is 0 Å². The molecule has 0 saturated heterocycles. The van der Waals surface area contributed by atoms with Crippen LogP contribution in [0.2, 0.25) is 0 Å². The predicted molar refractivity (Wildman–Crippen MR) is 16.0 cm³/mol. The maximum Gasteiger partial charge on any atom is 2.00 e. The Hall–Kier alpha value is 2.68. The molecule has 0 aliphatic carbocycles. The normalized spacial score (nSPS) is 0. The fraction of sp³-hybridized carbons (Fsp3) is 0. The van der Waals surface area contributed by atoms with Gasteiger partial charge in [-0.15, -0.1) is 0 Å². The zero-order chi connectivity index (χ0) is 0. The van der Waals surface area contributed by atoms with E-state index in [1.54, 1.807) is 0 Å². The van der Waals surface area contributed by atoms with Crippen LogP contribution in [0.1, 0.15) is 5.71 Å². The third-order valence-corrected chi connectivity index (χ3v) is 0. The fourth-order valence-electron chi connectivity index (χ4n) is 0. The predicted octanol–water partition coefficient (Wildman–Crippen LogP) is -0.317. The van der Waals surface area contributed by atoms with Crippen LogP contribution < -0.4 is 0 Å². The summed E-state index contributed by atoms with van der Waals surface area (Å²) in [5.74, 6) is 0. The first-order valence-corrected chi connectivity index (χ1v) is 0. The van der Waals surface area contributed by atoms with E-state index in [1.165, 1.54) is 0 Å². The molecule has 0 unspecified atom stereocenters. The van der Waals surface area contributed by atoms with E-state index in [2.05, 4.69) is 0 Å². The van der Waals surface area contributed by atoms with E-state index in [1.807, 2.05) is 0 Å². The van der Waals surface area contributed by atoms with Crippen molar-refractivity contribution in [2.75, 3.05) is 0 Å². The van der Waals surface area contributed by atoms with Crippen LogP contribution >= 0.6 is 0 Å². The van der Waals surface area contributed by atoms with Gasteiger partial charge >= 0.3 is 46.1 Å². The first kappa shape index (κ1) is 30.0. The van der Waals surface area contributed by atoms with Gasteiger partial charge in [-0.1, -0.05) is 0 Å². The molecular weight excluding hydrogens is 169 g/mol. The molecule has 4 heteroatoms. The van der Waals surface area contributed by atoms with Crippen LogP contribution in [0.3, 0.4) is 0 Å². The summed E-state index contributed by atoms with van der Waals surface area (Å²) in [5, 5.41) is 0. The topological polar surface area (TPSA) is 0 Å². The average Bonchev–Trinajstić information content (AvgIpc) is 0. The number of hydrogen-bond donors (Lipinski definition) is 0. The minimum absolute atomic E-state index is 0. The van der Waals surface area contributed by atoms with E-state index in [0.717, 1.165) is 0 Å². The molecule has 0 spiro atoms. The molecule has 0 heterocycles. The Labute approximate surface area is 87.3 Å². The van der Waals surface area contributed by atoms with E-state index in [4.69, 9.17) is 0 Å². The summed E-state index contributed by atoms with van der Waals surface area (Å²) in [6.45, 7) is 0. The van der Waals surface area contributed by atoms with Crippen LogP contribution in [0.4, 0.5) is 0 Å². The molecule has 0 amide bonds. The van der Waals surface area contributed by atoms with E-state index >= 15 is 0 Å². The number of rotatable bonds is 0. The first-order valence-electron chi connectivity index (χ1n) is 0. The maximum atomic E-state index is 0. The van der Waals surface area contributed by atoms with Gasteiger partial charge in [-0.2, -0.15) is 0 Å². The number of hydrogen-bond acceptors (Lipinski definition) is 0. The van der Waals surface area contributed by atoms with Crippen molar-refractivity contribution < 1.29 is 42.3 Å². The summed E-state index contributed by atoms with van der Waals surface area (Å²) < 4.78 is 0. The van der Waals surface area contributed by atoms with E-state index in [-0.39, 0.29) is 88.4 Å². The minimum Gasteiger partial charge on any atom is -1.00 e. The molecular formula is H4Mg2MnZn. The summed E-state index contributed by atoms with van der Waals surface area (Å²) in [4.78, 5) is 0. The van der Waals surface area contributed by atoms with Crippen molar-refractivity contribution in [1.29, 1.82) is 0 Å². The van der Waals surface area contributed by atoms with Gasteiger partial charge in [0.05, 0.1) is 0 Å². The Kier molecular flexibility index (Phi) is 130. The maximum absolute atomic E-state index is 0. The molecule has 17 valence electrons. The van der Waals surface area contributed by atoms with Crippen LogP contribution in [0.5, 0.6) is 0 Å². The minimum atomic E-state index is 0. The zero-order valence-electron chi connectivity index (χ0n) is 6.50. The first-order chi connectivity index (χ1) is 0. The van der Waals surface area contributed by atoms with Gasteiger partial charge in [0.15, 0.2) is 0 Å². The molecule has 0 aromatic rings. The average molecular weight is 173 g/mol. The Bertz CT molecular complexity index is 14.0. The summed E-state index contributed by atoms with van der Waals surface area (Å²) in [6, 6.07) is 0. The van der Waals surface area contributed by atoms with Gasteiger partial charge in [0.2, 0.25) is 0 Å². The third kappa shape index (κ3) is 8.82. The zero-order valence-corrected chi connectivity index (χ0v) is 9.48. The summed E-state index contributed by atoms with van der Waals surface area (Å²) in [5.41, 5.74) is 0. The molecule has 0 rings (SSSR count). The second-order valence-electron chi connectivity index (χ2n) is 0. The molecule has 0 N–H and O–H groups in total. The summed E-state index contributed by atoms with van der Waals surface area (Å²) >= 11 is 0. The SMILES string of the molecule is [H-].[H-].[H-].[H-].[Mg+2].[Mg+2].[Mn].[Zn]. The van der Waals surface area contributed by atoms with Gasteiger partial charge in [0, 0.05) is 36.5 Å². The molecule has 0 aromatic heterocycles. The van der Waals surface area contributed by atoms with Crippen molar-refractivity contribution in [3.05, 3.63) is 0 Å². The van der Waals surface area contributed by atoms with Gasteiger partial charge in [0.25, 0.3) is 0 Å². The van der Waals surface area contributed by atoms with Crippen LogP contribution in [-0.2, 0) is 36.5 Å². The smallest absolute Gasteiger partial charge is 1.00 e. The second kappa shape index (κ2) is 17.3. The Morgan fingerprint density at radius 3 is 1.00 bits per heavy atom. The van der Waals surface area contributed by atoms with Gasteiger partial charge in [-0.3, -0.25) is 0 Å². The third-order valence-electron chi connectivity index (χ3n) is 0. The van der Waals surface area contributed by atoms with Gasteiger partial charge in [-0.05, 0) is 0 Å². The Balaban J connectivity index is 0. The van der Waals surface area contributed by atoms with E-state index < -0.39 is 0 Å². The fourth-order valence-corrected chi connectivity index (χ4v) is 0. The molecule has 0 bridgehead atoms. The largest absolute Gasteiger partial charge is 2.00 e. The quantitative estimate of drug-likeness (QED) is 0.440. The van der Waals surface area contributed by atoms with Crippen LogP contribution in [0.15, 0.2) is 0 Å². The molecule has 0 aliphatic heterocycles. The molecule has 0 atom stereocenters. The van der Waals surface area contributed by atoms with Crippen LogP contribution in [-0.4, -0.2) is 46.1 Å². The van der Waals surface area contributed by atoms with Crippen LogP contribution in [0.25, 0.3) is 0 Å². The molecule has 4 heavy (non-hydrogen) atoms. The summed E-state index contributed by atoms with van der Waals surface area (Å²) in [7, 11) is 0. The van der Waals surface area contributed by atoms with Crippen molar-refractivity contribution in [3.8, 4) is 0 Å². The Morgan fingerprint density at radius 1 is 1.00 bits per heavy atom. The molecule has 0 aliphatic rings. The monoisotopic (exact) mass is 171 g/mol. The van der Waals surface area contributed by atoms with E-state index in [0.29, 0.717) is 0 Å². The Morgan fingerprint density at radius 2 is 1.00 bits per heavy atom. The van der Waals surface area contributed by atoms with Crippen molar-refractivity contribution in [2.24, 2.45) is 0 Å². The van der Waals surface area contributed by atoms with Crippen molar-refractivity contribution >= 4 is 46.1 Å². The van der Waals surface area contributed by atoms with Crippen molar-refractivity contribution in [3.63, 3.8) is 0 Å². The second-order valence-corrected chi connectivity index (χ2v) is 0. The molecule has 0 fully saturated rings. The molecule has 1 radical (unpaired) electrons.